The fourth-order valence-electron chi connectivity index (χ4n) is 1.39. The molecule has 0 spiro atoms. The van der Waals surface area contributed by atoms with Gasteiger partial charge in [-0.3, -0.25) is 16.0 Å². The Morgan fingerprint density at radius 2 is 2.50 bits per heavy atom. The van der Waals surface area contributed by atoms with Gasteiger partial charge in [-0.05, 0) is 19.4 Å². The molecule has 0 aliphatic rings. The number of hydrogen-bond acceptors (Lipinski definition) is 4. The minimum absolute atomic E-state index is 0.106. The topological polar surface area (TPSA) is 65.1 Å². The van der Waals surface area contributed by atoms with E-state index in [-0.39, 0.29) is 6.04 Å². The molecule has 0 fully saturated rings. The first-order valence-corrected chi connectivity index (χ1v) is 4.81. The average molecular weight is 198 g/mol. The van der Waals surface area contributed by atoms with E-state index in [9.17, 15) is 0 Å². The third kappa shape index (κ3) is 2.80. The summed E-state index contributed by atoms with van der Waals surface area (Å²) in [6, 6.07) is 2.06. The molecule has 1 atom stereocenters. The largest absolute Gasteiger partial charge is 0.382 e. The number of rotatable bonds is 6. The Bertz CT molecular complexity index is 261. The minimum Gasteiger partial charge on any atom is -0.382 e. The van der Waals surface area contributed by atoms with Crippen molar-refractivity contribution >= 4 is 0 Å². The third-order valence-corrected chi connectivity index (χ3v) is 2.17. The summed E-state index contributed by atoms with van der Waals surface area (Å²) in [6.07, 6.45) is 2.62. The molecule has 1 aromatic heterocycles. The van der Waals surface area contributed by atoms with E-state index < -0.39 is 0 Å². The zero-order valence-electron chi connectivity index (χ0n) is 8.73. The summed E-state index contributed by atoms with van der Waals surface area (Å²) in [5.74, 6) is 5.47. The van der Waals surface area contributed by atoms with Crippen molar-refractivity contribution in [3.05, 3.63) is 18.0 Å². The molecule has 0 aliphatic carbocycles. The lowest BCUT2D eigenvalue weighted by molar-refractivity contribution is 0.135. The lowest BCUT2D eigenvalue weighted by atomic mass is 10.1. The van der Waals surface area contributed by atoms with Gasteiger partial charge in [0.2, 0.25) is 0 Å². The van der Waals surface area contributed by atoms with E-state index in [1.807, 2.05) is 24.7 Å². The van der Waals surface area contributed by atoms with Crippen molar-refractivity contribution in [1.82, 2.24) is 15.2 Å². The van der Waals surface area contributed by atoms with Crippen LogP contribution >= 0.6 is 0 Å². The maximum absolute atomic E-state index is 5.47. The van der Waals surface area contributed by atoms with Crippen molar-refractivity contribution in [2.45, 2.75) is 19.4 Å². The van der Waals surface area contributed by atoms with Gasteiger partial charge >= 0.3 is 0 Å². The van der Waals surface area contributed by atoms with Crippen molar-refractivity contribution in [3.63, 3.8) is 0 Å². The second-order valence-electron chi connectivity index (χ2n) is 3.08. The highest BCUT2D eigenvalue weighted by atomic mass is 16.5. The van der Waals surface area contributed by atoms with E-state index in [0.29, 0.717) is 6.61 Å². The SMILES string of the molecule is CCOCCC(NN)c1ccnn1C. The Kier molecular flexibility index (Phi) is 4.58. The van der Waals surface area contributed by atoms with E-state index >= 15 is 0 Å². The monoisotopic (exact) mass is 198 g/mol. The van der Waals surface area contributed by atoms with Gasteiger partial charge in [-0.2, -0.15) is 5.10 Å². The molecule has 0 radical (unpaired) electrons. The van der Waals surface area contributed by atoms with Gasteiger partial charge in [0.15, 0.2) is 0 Å². The molecule has 0 bridgehead atoms. The van der Waals surface area contributed by atoms with Crippen molar-refractivity contribution in [1.29, 1.82) is 0 Å². The highest BCUT2D eigenvalue weighted by Gasteiger charge is 2.12. The van der Waals surface area contributed by atoms with Crippen molar-refractivity contribution in [2.24, 2.45) is 12.9 Å². The molecule has 1 heterocycles. The zero-order chi connectivity index (χ0) is 10.4. The molecule has 0 saturated carbocycles. The summed E-state index contributed by atoms with van der Waals surface area (Å²) in [7, 11) is 1.90. The molecule has 0 saturated heterocycles. The van der Waals surface area contributed by atoms with E-state index in [4.69, 9.17) is 10.6 Å². The van der Waals surface area contributed by atoms with Crippen LogP contribution in [0.2, 0.25) is 0 Å². The highest BCUT2D eigenvalue weighted by Crippen LogP contribution is 2.14. The van der Waals surface area contributed by atoms with E-state index in [1.165, 1.54) is 0 Å². The van der Waals surface area contributed by atoms with Crippen LogP contribution in [-0.2, 0) is 11.8 Å². The van der Waals surface area contributed by atoms with Crippen LogP contribution in [0.25, 0.3) is 0 Å². The Hall–Kier alpha value is -0.910. The molecule has 1 unspecified atom stereocenters. The smallest absolute Gasteiger partial charge is 0.0650 e. The number of nitrogens with two attached hydrogens (primary N) is 1. The lowest BCUT2D eigenvalue weighted by Gasteiger charge is -2.15. The highest BCUT2D eigenvalue weighted by molar-refractivity contribution is 5.05. The molecule has 0 aromatic carbocycles. The Balaban J connectivity index is 2.50. The second kappa shape index (κ2) is 5.74. The molecule has 0 amide bonds. The van der Waals surface area contributed by atoms with Crippen LogP contribution in [0.5, 0.6) is 0 Å². The Morgan fingerprint density at radius 1 is 1.71 bits per heavy atom. The molecule has 5 nitrogen and oxygen atoms in total. The Labute approximate surface area is 84.2 Å². The predicted molar refractivity (Wildman–Crippen MR) is 54.4 cm³/mol. The van der Waals surface area contributed by atoms with E-state index in [2.05, 4.69) is 10.5 Å². The zero-order valence-corrected chi connectivity index (χ0v) is 8.73. The number of aromatic nitrogens is 2. The summed E-state index contributed by atoms with van der Waals surface area (Å²) in [6.45, 7) is 3.42. The van der Waals surface area contributed by atoms with Gasteiger partial charge in [0.05, 0.1) is 11.7 Å². The quantitative estimate of drug-likeness (QED) is 0.393. The summed E-state index contributed by atoms with van der Waals surface area (Å²) in [5.41, 5.74) is 3.84. The van der Waals surface area contributed by atoms with Gasteiger partial charge in [0, 0.05) is 26.5 Å². The average Bonchev–Trinajstić information content (AvgIpc) is 2.60. The molecule has 14 heavy (non-hydrogen) atoms. The third-order valence-electron chi connectivity index (χ3n) is 2.17. The molecule has 0 aliphatic heterocycles. The molecule has 3 N–H and O–H groups in total. The fourth-order valence-corrected chi connectivity index (χ4v) is 1.39. The first kappa shape index (κ1) is 11.2. The van der Waals surface area contributed by atoms with Crippen LogP contribution in [0.15, 0.2) is 12.3 Å². The molecule has 80 valence electrons. The number of hydrazine groups is 1. The molecule has 1 rings (SSSR count). The predicted octanol–water partition coefficient (Wildman–Crippen LogP) is 0.351. The first-order chi connectivity index (χ1) is 6.79. The van der Waals surface area contributed by atoms with Crippen LogP contribution in [0.3, 0.4) is 0 Å². The second-order valence-corrected chi connectivity index (χ2v) is 3.08. The van der Waals surface area contributed by atoms with Crippen LogP contribution in [0.4, 0.5) is 0 Å². The first-order valence-electron chi connectivity index (χ1n) is 4.81. The number of aryl methyl sites for hydroxylation is 1. The molecular formula is C9H18N4O. The molecular weight excluding hydrogens is 180 g/mol. The number of nitrogens with zero attached hydrogens (tertiary/aromatic N) is 2. The van der Waals surface area contributed by atoms with Gasteiger partial charge in [-0.1, -0.05) is 0 Å². The number of hydrogen-bond donors (Lipinski definition) is 2. The minimum atomic E-state index is 0.106. The van der Waals surface area contributed by atoms with Crippen LogP contribution in [0, 0.1) is 0 Å². The summed E-state index contributed by atoms with van der Waals surface area (Å²) < 4.78 is 7.09. The summed E-state index contributed by atoms with van der Waals surface area (Å²) in [5, 5.41) is 4.09. The van der Waals surface area contributed by atoms with Crippen molar-refractivity contribution in [3.8, 4) is 0 Å². The normalized spacial score (nSPS) is 13.1. The number of nitrogens with one attached hydrogen (secondary N) is 1. The van der Waals surface area contributed by atoms with E-state index in [1.54, 1.807) is 6.20 Å². The van der Waals surface area contributed by atoms with Crippen molar-refractivity contribution in [2.75, 3.05) is 13.2 Å². The summed E-state index contributed by atoms with van der Waals surface area (Å²) in [4.78, 5) is 0. The van der Waals surface area contributed by atoms with Crippen LogP contribution in [-0.4, -0.2) is 23.0 Å². The fraction of sp³-hybridized carbons (Fsp3) is 0.667. The van der Waals surface area contributed by atoms with Gasteiger partial charge in [0.25, 0.3) is 0 Å². The van der Waals surface area contributed by atoms with Crippen molar-refractivity contribution < 1.29 is 4.74 Å². The maximum atomic E-state index is 5.47. The van der Waals surface area contributed by atoms with Gasteiger partial charge < -0.3 is 4.74 Å². The molecule has 1 aromatic rings. The Morgan fingerprint density at radius 3 is 3.00 bits per heavy atom. The maximum Gasteiger partial charge on any atom is 0.0650 e. The lowest BCUT2D eigenvalue weighted by Crippen LogP contribution is -2.30. The molecule has 5 heteroatoms. The standard InChI is InChI=1S/C9H18N4O/c1-3-14-7-5-8(12-10)9-4-6-11-13(9)2/h4,6,8,12H,3,5,7,10H2,1-2H3. The van der Waals surface area contributed by atoms with E-state index in [0.717, 1.165) is 18.7 Å². The summed E-state index contributed by atoms with van der Waals surface area (Å²) >= 11 is 0. The van der Waals surface area contributed by atoms with Crippen LogP contribution < -0.4 is 11.3 Å². The van der Waals surface area contributed by atoms with Gasteiger partial charge in [-0.15, -0.1) is 0 Å². The van der Waals surface area contributed by atoms with Gasteiger partial charge in [0.1, 0.15) is 0 Å². The van der Waals surface area contributed by atoms with Crippen LogP contribution in [0.1, 0.15) is 25.1 Å². The van der Waals surface area contributed by atoms with Gasteiger partial charge in [-0.25, -0.2) is 0 Å². The number of ether oxygens (including phenoxy) is 1.